The standard InChI is InChI=1S/C14H14ClNO4/c1-4-16-6-8(14(18)19)13(17)11-7(2)9(15)5-10(20-3)12(11)16/h5-6H,4H2,1-3H3,(H,18,19). The van der Waals surface area contributed by atoms with Crippen molar-refractivity contribution in [3.05, 3.63) is 38.6 Å². The molecule has 1 aromatic carbocycles. The third-order valence-electron chi connectivity index (χ3n) is 3.30. The number of benzene rings is 1. The van der Waals surface area contributed by atoms with Gasteiger partial charge in [-0.3, -0.25) is 4.79 Å². The summed E-state index contributed by atoms with van der Waals surface area (Å²) in [6.45, 7) is 4.06. The molecule has 0 saturated carbocycles. The Morgan fingerprint density at radius 1 is 1.50 bits per heavy atom. The summed E-state index contributed by atoms with van der Waals surface area (Å²) in [6, 6.07) is 1.63. The monoisotopic (exact) mass is 295 g/mol. The maximum Gasteiger partial charge on any atom is 0.341 e. The van der Waals surface area contributed by atoms with Crippen LogP contribution in [0.4, 0.5) is 0 Å². The van der Waals surface area contributed by atoms with Gasteiger partial charge in [0.1, 0.15) is 11.3 Å². The number of carboxylic acid groups (broad SMARTS) is 1. The quantitative estimate of drug-likeness (QED) is 0.945. The minimum absolute atomic E-state index is 0.272. The van der Waals surface area contributed by atoms with Crippen LogP contribution >= 0.6 is 11.6 Å². The molecule has 6 heteroatoms. The molecular weight excluding hydrogens is 282 g/mol. The molecule has 0 aliphatic carbocycles. The SMILES string of the molecule is CCn1cc(C(=O)O)c(=O)c2c(C)c(Cl)cc(OC)c21. The fourth-order valence-corrected chi connectivity index (χ4v) is 2.44. The van der Waals surface area contributed by atoms with Crippen LogP contribution in [-0.4, -0.2) is 22.8 Å². The second-order valence-corrected chi connectivity index (χ2v) is 4.78. The fraction of sp³-hybridized carbons (Fsp3) is 0.286. The molecule has 0 bridgehead atoms. The average Bonchev–Trinajstić information content (AvgIpc) is 2.42. The Bertz CT molecular complexity index is 764. The molecule has 0 unspecified atom stereocenters. The molecular formula is C14H14ClNO4. The molecule has 0 aliphatic heterocycles. The number of aromatic carboxylic acids is 1. The van der Waals surface area contributed by atoms with Crippen LogP contribution in [0.25, 0.3) is 10.9 Å². The van der Waals surface area contributed by atoms with E-state index in [1.807, 2.05) is 6.92 Å². The van der Waals surface area contributed by atoms with Gasteiger partial charge in [-0.1, -0.05) is 11.6 Å². The second kappa shape index (κ2) is 5.17. The van der Waals surface area contributed by atoms with Gasteiger partial charge in [0.15, 0.2) is 0 Å². The summed E-state index contributed by atoms with van der Waals surface area (Å²) in [6.07, 6.45) is 1.34. The zero-order valence-corrected chi connectivity index (χ0v) is 12.1. The van der Waals surface area contributed by atoms with Crippen molar-refractivity contribution in [2.24, 2.45) is 0 Å². The predicted molar refractivity (Wildman–Crippen MR) is 77.1 cm³/mol. The van der Waals surface area contributed by atoms with Gasteiger partial charge in [-0.2, -0.15) is 0 Å². The maximum absolute atomic E-state index is 12.4. The zero-order chi connectivity index (χ0) is 15.0. The third kappa shape index (κ3) is 2.04. The van der Waals surface area contributed by atoms with Crippen LogP contribution in [0.2, 0.25) is 5.02 Å². The lowest BCUT2D eigenvalue weighted by atomic mass is 10.1. The number of hydrogen-bond donors (Lipinski definition) is 1. The Morgan fingerprint density at radius 3 is 2.65 bits per heavy atom. The van der Waals surface area contributed by atoms with Gasteiger partial charge < -0.3 is 14.4 Å². The molecule has 106 valence electrons. The van der Waals surface area contributed by atoms with E-state index in [0.717, 1.165) is 0 Å². The number of methoxy groups -OCH3 is 1. The van der Waals surface area contributed by atoms with Crippen molar-refractivity contribution in [2.75, 3.05) is 7.11 Å². The summed E-state index contributed by atoms with van der Waals surface area (Å²) in [5.74, 6) is -0.802. The van der Waals surface area contributed by atoms with Gasteiger partial charge in [-0.15, -0.1) is 0 Å². The topological polar surface area (TPSA) is 68.5 Å². The number of hydrogen-bond acceptors (Lipinski definition) is 3. The van der Waals surface area contributed by atoms with Gasteiger partial charge in [0.05, 0.1) is 18.0 Å². The Kier molecular flexibility index (Phi) is 3.72. The molecule has 0 atom stereocenters. The Labute approximate surface area is 120 Å². The lowest BCUT2D eigenvalue weighted by Crippen LogP contribution is -2.20. The largest absolute Gasteiger partial charge is 0.494 e. The summed E-state index contributed by atoms with van der Waals surface area (Å²) in [4.78, 5) is 23.6. The van der Waals surface area contributed by atoms with Gasteiger partial charge in [0.25, 0.3) is 0 Å². The van der Waals surface area contributed by atoms with Gasteiger partial charge in [0, 0.05) is 23.8 Å². The van der Waals surface area contributed by atoms with Crippen molar-refractivity contribution < 1.29 is 14.6 Å². The first-order chi connectivity index (χ1) is 9.42. The van der Waals surface area contributed by atoms with Crippen LogP contribution in [0.3, 0.4) is 0 Å². The highest BCUT2D eigenvalue weighted by Crippen LogP contribution is 2.32. The normalized spacial score (nSPS) is 10.8. The van der Waals surface area contributed by atoms with E-state index >= 15 is 0 Å². The number of nitrogens with zero attached hydrogens (tertiary/aromatic N) is 1. The van der Waals surface area contributed by atoms with Crippen molar-refractivity contribution in [1.29, 1.82) is 0 Å². The third-order valence-corrected chi connectivity index (χ3v) is 3.69. The lowest BCUT2D eigenvalue weighted by Gasteiger charge is -2.15. The van der Waals surface area contributed by atoms with Crippen LogP contribution in [0.1, 0.15) is 22.8 Å². The van der Waals surface area contributed by atoms with Crippen LogP contribution in [0, 0.1) is 6.92 Å². The van der Waals surface area contributed by atoms with Gasteiger partial charge in [-0.25, -0.2) is 4.79 Å². The second-order valence-electron chi connectivity index (χ2n) is 4.37. The predicted octanol–water partition coefficient (Wildman–Crippen LogP) is 2.69. The summed E-state index contributed by atoms with van der Waals surface area (Å²) in [7, 11) is 1.48. The summed E-state index contributed by atoms with van der Waals surface area (Å²) in [5.41, 5.74) is 0.298. The summed E-state index contributed by atoms with van der Waals surface area (Å²) < 4.78 is 6.95. The van der Waals surface area contributed by atoms with Crippen LogP contribution in [0.5, 0.6) is 5.75 Å². The molecule has 20 heavy (non-hydrogen) atoms. The van der Waals surface area contributed by atoms with E-state index in [4.69, 9.17) is 21.4 Å². The smallest absolute Gasteiger partial charge is 0.341 e. The van der Waals surface area contributed by atoms with Crippen molar-refractivity contribution in [3.63, 3.8) is 0 Å². The first-order valence-electron chi connectivity index (χ1n) is 6.05. The molecule has 1 heterocycles. The summed E-state index contributed by atoms with van der Waals surface area (Å²) in [5, 5.41) is 9.81. The van der Waals surface area contributed by atoms with Crippen molar-refractivity contribution >= 4 is 28.5 Å². The Morgan fingerprint density at radius 2 is 2.15 bits per heavy atom. The van der Waals surface area contributed by atoms with Crippen LogP contribution in [0.15, 0.2) is 17.1 Å². The molecule has 0 fully saturated rings. The molecule has 2 aromatic rings. The van der Waals surface area contributed by atoms with E-state index in [2.05, 4.69) is 0 Å². The Hall–Kier alpha value is -2.01. The Balaban J connectivity index is 3.12. The number of aryl methyl sites for hydroxylation is 2. The van der Waals surface area contributed by atoms with Gasteiger partial charge in [0.2, 0.25) is 5.43 Å². The maximum atomic E-state index is 12.4. The molecule has 0 radical (unpaired) electrons. The average molecular weight is 296 g/mol. The van der Waals surface area contributed by atoms with Gasteiger partial charge in [-0.05, 0) is 19.4 Å². The molecule has 0 amide bonds. The van der Waals surface area contributed by atoms with E-state index in [1.54, 1.807) is 17.6 Å². The highest BCUT2D eigenvalue weighted by atomic mass is 35.5. The minimum Gasteiger partial charge on any atom is -0.494 e. The van der Waals surface area contributed by atoms with Crippen LogP contribution in [-0.2, 0) is 6.54 Å². The molecule has 2 rings (SSSR count). The molecule has 0 saturated heterocycles. The highest BCUT2D eigenvalue weighted by Gasteiger charge is 2.19. The van der Waals surface area contributed by atoms with Crippen molar-refractivity contribution in [2.45, 2.75) is 20.4 Å². The van der Waals surface area contributed by atoms with E-state index in [1.165, 1.54) is 13.3 Å². The first kappa shape index (κ1) is 14.4. The van der Waals surface area contributed by atoms with E-state index in [0.29, 0.717) is 28.4 Å². The molecule has 0 spiro atoms. The van der Waals surface area contributed by atoms with Gasteiger partial charge >= 0.3 is 5.97 Å². The zero-order valence-electron chi connectivity index (χ0n) is 11.4. The van der Waals surface area contributed by atoms with E-state index in [-0.39, 0.29) is 10.9 Å². The number of ether oxygens (including phenoxy) is 1. The number of aromatic nitrogens is 1. The number of carbonyl (C=O) groups is 1. The van der Waals surface area contributed by atoms with Crippen LogP contribution < -0.4 is 10.2 Å². The van der Waals surface area contributed by atoms with E-state index < -0.39 is 11.4 Å². The number of halogens is 1. The number of rotatable bonds is 3. The fourth-order valence-electron chi connectivity index (χ4n) is 2.25. The minimum atomic E-state index is -1.25. The van der Waals surface area contributed by atoms with Crippen molar-refractivity contribution in [3.8, 4) is 5.75 Å². The number of pyridine rings is 1. The highest BCUT2D eigenvalue weighted by molar-refractivity contribution is 6.32. The molecule has 1 N–H and O–H groups in total. The molecule has 1 aromatic heterocycles. The summed E-state index contributed by atoms with van der Waals surface area (Å²) >= 11 is 6.10. The molecule has 0 aliphatic rings. The number of fused-ring (bicyclic) bond motifs is 1. The molecule has 5 nitrogen and oxygen atoms in total. The first-order valence-corrected chi connectivity index (χ1v) is 6.43. The van der Waals surface area contributed by atoms with E-state index in [9.17, 15) is 9.59 Å². The van der Waals surface area contributed by atoms with Crippen molar-refractivity contribution in [1.82, 2.24) is 4.57 Å². The lowest BCUT2D eigenvalue weighted by molar-refractivity contribution is 0.0695. The number of carboxylic acids is 1.